The van der Waals surface area contributed by atoms with E-state index in [1.807, 2.05) is 0 Å². The molecule has 2 nitrogen and oxygen atoms in total. The van der Waals surface area contributed by atoms with Crippen molar-refractivity contribution in [3.8, 4) is 0 Å². The van der Waals surface area contributed by atoms with Gasteiger partial charge in [0.1, 0.15) is 0 Å². The molecule has 3 heteroatoms. The molecule has 0 aromatic rings. The summed E-state index contributed by atoms with van der Waals surface area (Å²) in [5, 5.41) is 0. The quantitative estimate of drug-likeness (QED) is 0.746. The van der Waals surface area contributed by atoms with E-state index < -0.39 is 0 Å². The fourth-order valence-corrected chi connectivity index (χ4v) is 2.48. The molecule has 1 aliphatic carbocycles. The minimum absolute atomic E-state index is 0.0199. The van der Waals surface area contributed by atoms with E-state index in [0.29, 0.717) is 18.3 Å². The monoisotopic (exact) mass is 242 g/mol. The van der Waals surface area contributed by atoms with Crippen LogP contribution in [0.3, 0.4) is 0 Å². The fourth-order valence-electron chi connectivity index (χ4n) is 2.48. The van der Waals surface area contributed by atoms with Crippen molar-refractivity contribution in [2.75, 3.05) is 13.2 Å². The van der Waals surface area contributed by atoms with Crippen LogP contribution in [0.25, 0.3) is 0 Å². The molecule has 0 aromatic heterocycles. The Morgan fingerprint density at radius 2 is 2.00 bits per heavy atom. The molecule has 0 amide bonds. The number of hydrogen-bond acceptors (Lipinski definition) is 2. The van der Waals surface area contributed by atoms with Crippen LogP contribution in [-0.4, -0.2) is 19.5 Å². The predicted octanol–water partition coefficient (Wildman–Crippen LogP) is 3.82. The van der Waals surface area contributed by atoms with Gasteiger partial charge in [-0.15, -0.1) is 0 Å². The van der Waals surface area contributed by atoms with E-state index in [4.69, 9.17) is 9.47 Å². The van der Waals surface area contributed by atoms with Gasteiger partial charge in [0.05, 0.1) is 19.0 Å². The van der Waals surface area contributed by atoms with Crippen molar-refractivity contribution in [3.05, 3.63) is 11.9 Å². The Morgan fingerprint density at radius 3 is 2.59 bits per heavy atom. The van der Waals surface area contributed by atoms with Crippen LogP contribution in [0.2, 0.25) is 0 Å². The summed E-state index contributed by atoms with van der Waals surface area (Å²) in [6.07, 6.45) is 7.37. The van der Waals surface area contributed by atoms with Crippen molar-refractivity contribution >= 4 is 0 Å². The van der Waals surface area contributed by atoms with Gasteiger partial charge in [-0.05, 0) is 44.4 Å². The molecule has 0 N–H and O–H groups in total. The zero-order valence-electron chi connectivity index (χ0n) is 10.7. The van der Waals surface area contributed by atoms with Crippen molar-refractivity contribution in [3.63, 3.8) is 0 Å². The molecule has 2 aliphatic rings. The number of hydrogen-bond donors (Lipinski definition) is 0. The van der Waals surface area contributed by atoms with E-state index in [2.05, 4.69) is 6.92 Å². The first-order valence-corrected chi connectivity index (χ1v) is 6.85. The summed E-state index contributed by atoms with van der Waals surface area (Å²) >= 11 is 0. The van der Waals surface area contributed by atoms with Crippen LogP contribution < -0.4 is 0 Å². The lowest BCUT2D eigenvalue weighted by atomic mass is 9.89. The van der Waals surface area contributed by atoms with Crippen molar-refractivity contribution in [2.24, 2.45) is 11.8 Å². The van der Waals surface area contributed by atoms with Crippen molar-refractivity contribution in [1.82, 2.24) is 0 Å². The molecular weight excluding hydrogens is 219 g/mol. The highest BCUT2D eigenvalue weighted by Gasteiger charge is 2.22. The molecule has 0 spiro atoms. The summed E-state index contributed by atoms with van der Waals surface area (Å²) in [5.41, 5.74) is 0. The Morgan fingerprint density at radius 1 is 1.24 bits per heavy atom. The highest BCUT2D eigenvalue weighted by molar-refractivity contribution is 4.97. The van der Waals surface area contributed by atoms with Crippen LogP contribution in [-0.2, 0) is 9.47 Å². The van der Waals surface area contributed by atoms with E-state index >= 15 is 0 Å². The van der Waals surface area contributed by atoms with Gasteiger partial charge in [-0.25, -0.2) is 4.39 Å². The molecule has 1 fully saturated rings. The topological polar surface area (TPSA) is 18.5 Å². The summed E-state index contributed by atoms with van der Waals surface area (Å²) in [5.74, 6) is 1.25. The van der Waals surface area contributed by atoms with Gasteiger partial charge in [0.25, 0.3) is 0 Å². The zero-order valence-corrected chi connectivity index (χ0v) is 10.7. The average Bonchev–Trinajstić information content (AvgIpc) is 2.39. The minimum Gasteiger partial charge on any atom is -0.352 e. The Labute approximate surface area is 103 Å². The smallest absolute Gasteiger partial charge is 0.157 e. The molecule has 1 heterocycles. The van der Waals surface area contributed by atoms with Gasteiger partial charge in [-0.3, -0.25) is 0 Å². The average molecular weight is 242 g/mol. The molecule has 98 valence electrons. The lowest BCUT2D eigenvalue weighted by Gasteiger charge is -2.30. The second-order valence-corrected chi connectivity index (χ2v) is 5.24. The molecule has 0 bridgehead atoms. The summed E-state index contributed by atoms with van der Waals surface area (Å²) in [6.45, 7) is 3.83. The minimum atomic E-state index is -0.0199. The SMILES string of the molecule is CC[C@H]1CO[C@H](CCC2CC=C(F)CC2)OC1. The Balaban J connectivity index is 1.63. The maximum atomic E-state index is 12.8. The first-order valence-electron chi connectivity index (χ1n) is 6.85. The van der Waals surface area contributed by atoms with Crippen LogP contribution in [0, 0.1) is 11.8 Å². The molecule has 1 atom stereocenters. The van der Waals surface area contributed by atoms with Crippen LogP contribution >= 0.6 is 0 Å². The van der Waals surface area contributed by atoms with E-state index in [1.54, 1.807) is 6.08 Å². The van der Waals surface area contributed by atoms with E-state index in [-0.39, 0.29) is 12.1 Å². The maximum absolute atomic E-state index is 12.8. The van der Waals surface area contributed by atoms with Gasteiger partial charge in [-0.1, -0.05) is 13.0 Å². The van der Waals surface area contributed by atoms with Gasteiger partial charge in [-0.2, -0.15) is 0 Å². The Bertz CT molecular complexity index is 257. The van der Waals surface area contributed by atoms with E-state index in [0.717, 1.165) is 45.3 Å². The molecule has 1 unspecified atom stereocenters. The molecule has 0 radical (unpaired) electrons. The first-order chi connectivity index (χ1) is 8.28. The zero-order chi connectivity index (χ0) is 12.1. The highest BCUT2D eigenvalue weighted by Crippen LogP contribution is 2.29. The molecule has 17 heavy (non-hydrogen) atoms. The summed E-state index contributed by atoms with van der Waals surface area (Å²) < 4.78 is 24.2. The third-order valence-corrected chi connectivity index (χ3v) is 3.89. The molecule has 1 saturated heterocycles. The maximum Gasteiger partial charge on any atom is 0.157 e. The third kappa shape index (κ3) is 4.07. The Kier molecular flexibility index (Phi) is 4.99. The van der Waals surface area contributed by atoms with Gasteiger partial charge in [0.15, 0.2) is 6.29 Å². The van der Waals surface area contributed by atoms with Gasteiger partial charge < -0.3 is 9.47 Å². The fraction of sp³-hybridized carbons (Fsp3) is 0.857. The molecule has 1 aliphatic heterocycles. The molecule has 2 rings (SSSR count). The second-order valence-electron chi connectivity index (χ2n) is 5.24. The summed E-state index contributed by atoms with van der Waals surface area (Å²) in [4.78, 5) is 0. The lowest BCUT2D eigenvalue weighted by Crippen LogP contribution is -2.32. The van der Waals surface area contributed by atoms with Crippen molar-refractivity contribution < 1.29 is 13.9 Å². The van der Waals surface area contributed by atoms with E-state index in [1.165, 1.54) is 0 Å². The predicted molar refractivity (Wildman–Crippen MR) is 65.2 cm³/mol. The highest BCUT2D eigenvalue weighted by atomic mass is 19.1. The first kappa shape index (κ1) is 13.0. The van der Waals surface area contributed by atoms with Crippen LogP contribution in [0.4, 0.5) is 4.39 Å². The largest absolute Gasteiger partial charge is 0.352 e. The Hall–Kier alpha value is -0.410. The van der Waals surface area contributed by atoms with Gasteiger partial charge >= 0.3 is 0 Å². The summed E-state index contributed by atoms with van der Waals surface area (Å²) in [6, 6.07) is 0. The van der Waals surface area contributed by atoms with Crippen LogP contribution in [0.5, 0.6) is 0 Å². The van der Waals surface area contributed by atoms with Crippen LogP contribution in [0.1, 0.15) is 45.4 Å². The molecule has 0 aromatic carbocycles. The third-order valence-electron chi connectivity index (χ3n) is 3.89. The van der Waals surface area contributed by atoms with Gasteiger partial charge in [0.2, 0.25) is 0 Å². The van der Waals surface area contributed by atoms with Gasteiger partial charge in [0, 0.05) is 5.92 Å². The molecule has 0 saturated carbocycles. The lowest BCUT2D eigenvalue weighted by molar-refractivity contribution is -0.204. The standard InChI is InChI=1S/C14H23FO2/c1-2-11-9-16-14(17-10-11)8-5-12-3-6-13(15)7-4-12/h6,11-12,14H,2-5,7-10H2,1H3/t11-,12?,14-. The van der Waals surface area contributed by atoms with Crippen molar-refractivity contribution in [2.45, 2.75) is 51.7 Å². The van der Waals surface area contributed by atoms with E-state index in [9.17, 15) is 4.39 Å². The van der Waals surface area contributed by atoms with Crippen molar-refractivity contribution in [1.29, 1.82) is 0 Å². The molecular formula is C14H23FO2. The second kappa shape index (κ2) is 6.50. The normalized spacial score (nSPS) is 34.5. The summed E-state index contributed by atoms with van der Waals surface area (Å²) in [7, 11) is 0. The number of ether oxygens (including phenoxy) is 2. The number of allylic oxidation sites excluding steroid dienone is 2. The number of rotatable bonds is 4. The van der Waals surface area contributed by atoms with Crippen LogP contribution in [0.15, 0.2) is 11.9 Å². The number of halogens is 1.